The molecule has 0 aliphatic carbocycles. The molecule has 2 amide bonds. The Morgan fingerprint density at radius 2 is 1.61 bits per heavy atom. The lowest BCUT2D eigenvalue weighted by Crippen LogP contribution is -2.69. The van der Waals surface area contributed by atoms with Crippen molar-refractivity contribution < 1.29 is 9.53 Å². The number of ether oxygens (including phenoxy) is 1. The molecule has 6 nitrogen and oxygen atoms in total. The van der Waals surface area contributed by atoms with Gasteiger partial charge in [-0.15, -0.1) is 0 Å². The maximum Gasteiger partial charge on any atom is 0.321 e. The molecule has 2 heterocycles. The first-order valence-electron chi connectivity index (χ1n) is 13.4. The van der Waals surface area contributed by atoms with Gasteiger partial charge in [-0.25, -0.2) is 4.79 Å². The Labute approximate surface area is 226 Å². The van der Waals surface area contributed by atoms with Crippen molar-refractivity contribution in [1.29, 1.82) is 0 Å². The van der Waals surface area contributed by atoms with Crippen molar-refractivity contribution in [2.75, 3.05) is 45.7 Å². The molecule has 0 saturated carbocycles. The van der Waals surface area contributed by atoms with Crippen LogP contribution >= 0.6 is 0 Å². The topological polar surface area (TPSA) is 56.8 Å². The quantitative estimate of drug-likeness (QED) is 0.487. The van der Waals surface area contributed by atoms with Gasteiger partial charge in [-0.3, -0.25) is 4.90 Å². The standard InChI is InChI=1S/C32H36N4O2/c1-33-22-29-31(26-14-12-25(13-15-26)11-10-24-8-4-3-5-9-24)30-23-35(20-6-7-21-36(29)30)32(37)34-27-16-18-28(38-2)19-17-27/h3-5,8-9,12-19,29-31,33H,6-7,20-23H2,1-2H3,(H,34,37). The molecule has 2 aliphatic heterocycles. The second kappa shape index (κ2) is 12.2. The van der Waals surface area contributed by atoms with Crippen LogP contribution in [0, 0.1) is 11.8 Å². The van der Waals surface area contributed by atoms with Crippen molar-refractivity contribution >= 4 is 11.7 Å². The largest absolute Gasteiger partial charge is 0.497 e. The van der Waals surface area contributed by atoms with E-state index >= 15 is 0 Å². The van der Waals surface area contributed by atoms with Crippen molar-refractivity contribution in [1.82, 2.24) is 15.1 Å². The Morgan fingerprint density at radius 1 is 0.921 bits per heavy atom. The second-order valence-corrected chi connectivity index (χ2v) is 10.0. The van der Waals surface area contributed by atoms with Crippen LogP contribution in [0.25, 0.3) is 0 Å². The normalized spacial score (nSPS) is 21.1. The Morgan fingerprint density at radius 3 is 2.29 bits per heavy atom. The predicted molar refractivity (Wildman–Crippen MR) is 153 cm³/mol. The molecule has 5 rings (SSSR count). The van der Waals surface area contributed by atoms with Gasteiger partial charge in [0.25, 0.3) is 0 Å². The van der Waals surface area contributed by atoms with Gasteiger partial charge < -0.3 is 20.3 Å². The van der Waals surface area contributed by atoms with E-state index in [1.807, 2.05) is 66.5 Å². The average molecular weight is 509 g/mol. The zero-order chi connectivity index (χ0) is 26.3. The highest BCUT2D eigenvalue weighted by Gasteiger charge is 2.49. The fraction of sp³-hybridized carbons (Fsp3) is 0.344. The van der Waals surface area contributed by atoms with Crippen molar-refractivity contribution in [3.63, 3.8) is 0 Å². The van der Waals surface area contributed by atoms with Crippen LogP contribution in [-0.4, -0.2) is 68.3 Å². The molecular formula is C32H36N4O2. The number of methoxy groups -OCH3 is 1. The summed E-state index contributed by atoms with van der Waals surface area (Å²) < 4.78 is 5.24. The second-order valence-electron chi connectivity index (χ2n) is 10.0. The van der Waals surface area contributed by atoms with Crippen LogP contribution in [-0.2, 0) is 0 Å². The fourth-order valence-corrected chi connectivity index (χ4v) is 5.69. The number of hydrogen-bond donors (Lipinski definition) is 2. The summed E-state index contributed by atoms with van der Waals surface area (Å²) in [5.74, 6) is 7.66. The Bertz CT molecular complexity index is 1260. The molecule has 196 valence electrons. The number of rotatable bonds is 5. The number of anilines is 1. The number of nitrogens with zero attached hydrogens (tertiary/aromatic N) is 2. The van der Waals surface area contributed by atoms with E-state index < -0.39 is 0 Å². The molecule has 3 unspecified atom stereocenters. The molecule has 0 aromatic heterocycles. The van der Waals surface area contributed by atoms with Gasteiger partial charge >= 0.3 is 6.03 Å². The molecule has 3 aromatic rings. The van der Waals surface area contributed by atoms with Crippen molar-refractivity contribution in [3.05, 3.63) is 95.6 Å². The molecule has 0 radical (unpaired) electrons. The van der Waals surface area contributed by atoms with Gasteiger partial charge in [0.05, 0.1) is 7.11 Å². The van der Waals surface area contributed by atoms with Crippen LogP contribution in [0.2, 0.25) is 0 Å². The van der Waals surface area contributed by atoms with Crippen LogP contribution < -0.4 is 15.4 Å². The van der Waals surface area contributed by atoms with E-state index in [0.29, 0.717) is 18.5 Å². The smallest absolute Gasteiger partial charge is 0.321 e. The molecule has 2 saturated heterocycles. The number of amides is 2. The van der Waals surface area contributed by atoms with Gasteiger partial charge in [0.1, 0.15) is 5.75 Å². The summed E-state index contributed by atoms with van der Waals surface area (Å²) in [7, 11) is 3.66. The summed E-state index contributed by atoms with van der Waals surface area (Å²) in [5, 5.41) is 6.48. The lowest BCUT2D eigenvalue weighted by Gasteiger charge is -2.57. The molecule has 2 fully saturated rings. The summed E-state index contributed by atoms with van der Waals surface area (Å²) in [5.41, 5.74) is 4.12. The predicted octanol–water partition coefficient (Wildman–Crippen LogP) is 4.78. The van der Waals surface area contributed by atoms with Crippen LogP contribution in [0.3, 0.4) is 0 Å². The van der Waals surface area contributed by atoms with E-state index in [0.717, 1.165) is 55.0 Å². The van der Waals surface area contributed by atoms with Crippen LogP contribution in [0.4, 0.5) is 10.5 Å². The van der Waals surface area contributed by atoms with Crippen LogP contribution in [0.5, 0.6) is 5.75 Å². The minimum atomic E-state index is -0.0423. The summed E-state index contributed by atoms with van der Waals surface area (Å²) in [6.07, 6.45) is 2.09. The first kappa shape index (κ1) is 25.8. The highest BCUT2D eigenvalue weighted by atomic mass is 16.5. The van der Waals surface area contributed by atoms with E-state index in [4.69, 9.17) is 4.74 Å². The minimum absolute atomic E-state index is 0.0423. The first-order valence-corrected chi connectivity index (χ1v) is 13.4. The summed E-state index contributed by atoms with van der Waals surface area (Å²) >= 11 is 0. The van der Waals surface area contributed by atoms with Gasteiger partial charge in [0.15, 0.2) is 0 Å². The van der Waals surface area contributed by atoms with Gasteiger partial charge in [-0.1, -0.05) is 42.2 Å². The fourth-order valence-electron chi connectivity index (χ4n) is 5.69. The van der Waals surface area contributed by atoms with Gasteiger partial charge in [0, 0.05) is 54.5 Å². The van der Waals surface area contributed by atoms with E-state index in [-0.39, 0.29) is 12.1 Å². The lowest BCUT2D eigenvalue weighted by molar-refractivity contribution is -0.0335. The SMILES string of the molecule is CNCC1C(c2ccc(C#Cc3ccccc3)cc2)C2CN(C(=O)Nc3ccc(OC)cc3)CCCCN12. The zero-order valence-corrected chi connectivity index (χ0v) is 22.2. The number of likely N-dealkylation sites (N-methyl/N-ethyl adjacent to an activating group) is 1. The minimum Gasteiger partial charge on any atom is -0.497 e. The monoisotopic (exact) mass is 508 g/mol. The molecule has 3 atom stereocenters. The first-order chi connectivity index (χ1) is 18.7. The van der Waals surface area contributed by atoms with Crippen LogP contribution in [0.1, 0.15) is 35.4 Å². The van der Waals surface area contributed by atoms with E-state index in [2.05, 4.69) is 51.6 Å². The molecule has 2 aliphatic rings. The Kier molecular flexibility index (Phi) is 8.28. The molecule has 0 spiro atoms. The van der Waals surface area contributed by atoms with Crippen molar-refractivity contribution in [2.45, 2.75) is 30.8 Å². The third kappa shape index (κ3) is 5.85. The number of benzene rings is 3. The highest BCUT2D eigenvalue weighted by molar-refractivity contribution is 5.89. The maximum absolute atomic E-state index is 13.3. The van der Waals surface area contributed by atoms with Gasteiger partial charge in [-0.2, -0.15) is 0 Å². The molecule has 2 N–H and O–H groups in total. The number of fused-ring (bicyclic) bond motifs is 1. The van der Waals surface area contributed by atoms with Crippen LogP contribution in [0.15, 0.2) is 78.9 Å². The molecule has 3 aromatic carbocycles. The third-order valence-corrected chi connectivity index (χ3v) is 7.65. The van der Waals surface area contributed by atoms with Gasteiger partial charge in [-0.05, 0) is 80.5 Å². The number of hydrogen-bond acceptors (Lipinski definition) is 4. The lowest BCUT2D eigenvalue weighted by atomic mass is 9.74. The summed E-state index contributed by atoms with van der Waals surface area (Å²) in [6.45, 7) is 3.48. The number of nitrogens with one attached hydrogen (secondary N) is 2. The molecule has 6 heteroatoms. The number of carbonyl (C=O) groups excluding carboxylic acids is 1. The van der Waals surface area contributed by atoms with E-state index in [1.54, 1.807) is 7.11 Å². The zero-order valence-electron chi connectivity index (χ0n) is 22.2. The Hall–Kier alpha value is -3.79. The highest BCUT2D eigenvalue weighted by Crippen LogP contribution is 2.42. The summed E-state index contributed by atoms with van der Waals surface area (Å²) in [6, 6.07) is 26.9. The van der Waals surface area contributed by atoms with Crippen molar-refractivity contribution in [2.24, 2.45) is 0 Å². The van der Waals surface area contributed by atoms with Crippen molar-refractivity contribution in [3.8, 4) is 17.6 Å². The van der Waals surface area contributed by atoms with E-state index in [9.17, 15) is 4.79 Å². The molecule has 0 bridgehead atoms. The number of urea groups is 1. The van der Waals surface area contributed by atoms with Gasteiger partial charge in [0.2, 0.25) is 0 Å². The summed E-state index contributed by atoms with van der Waals surface area (Å²) in [4.78, 5) is 17.9. The molecular weight excluding hydrogens is 472 g/mol. The average Bonchev–Trinajstić information content (AvgIpc) is 2.94. The third-order valence-electron chi connectivity index (χ3n) is 7.65. The molecule has 38 heavy (non-hydrogen) atoms. The maximum atomic E-state index is 13.3. The van der Waals surface area contributed by atoms with E-state index in [1.165, 1.54) is 5.56 Å². The number of carbonyl (C=O) groups is 1. The Balaban J connectivity index is 1.31.